The van der Waals surface area contributed by atoms with Crippen LogP contribution in [0.15, 0.2) is 134 Å². The number of amides is 2. The predicted molar refractivity (Wildman–Crippen MR) is 333 cm³/mol. The molecule has 496 valence electrons. The summed E-state index contributed by atoms with van der Waals surface area (Å²) in [4.78, 5) is 44.7. The number of allylic oxidation sites excluding steroid dienone is 12. The number of nitrogens with zero attached hydrogens (tertiary/aromatic N) is 2. The molecule has 3 saturated heterocycles. The van der Waals surface area contributed by atoms with Gasteiger partial charge in [0.05, 0.1) is 86.0 Å². The first-order valence-corrected chi connectivity index (χ1v) is 31.5. The number of aliphatic hydroxyl groups excluding tert-OH is 10. The molecule has 3 fully saturated rings. The molecule has 5 aliphatic rings. The lowest BCUT2D eigenvalue weighted by molar-refractivity contribution is -0.310. The second-order valence-electron chi connectivity index (χ2n) is 24.5. The van der Waals surface area contributed by atoms with Crippen molar-refractivity contribution in [2.75, 3.05) is 45.9 Å². The molecule has 22 heteroatoms. The van der Waals surface area contributed by atoms with Crippen LogP contribution in [-0.4, -0.2) is 227 Å². The van der Waals surface area contributed by atoms with Crippen LogP contribution in [0.25, 0.3) is 11.1 Å². The molecule has 0 radical (unpaired) electrons. The monoisotopic (exact) mass is 1260 g/mol. The van der Waals surface area contributed by atoms with Crippen molar-refractivity contribution in [3.05, 3.63) is 145 Å². The Morgan fingerprint density at radius 3 is 1.82 bits per heavy atom. The molecule has 4 aliphatic heterocycles. The van der Waals surface area contributed by atoms with E-state index < -0.39 is 147 Å². The largest absolute Gasteiger partial charge is 0.462 e. The molecule has 12 N–H and O–H groups in total. The lowest BCUT2D eigenvalue weighted by Gasteiger charge is -2.47. The van der Waals surface area contributed by atoms with Crippen LogP contribution in [0, 0.1) is 17.8 Å². The number of hydrogen-bond acceptors (Lipinski definition) is 20. The zero-order valence-electron chi connectivity index (χ0n) is 51.9. The fraction of sp³-hybridized carbons (Fsp3) is 0.574. The molecule has 0 saturated carbocycles. The molecule has 0 spiro atoms. The highest BCUT2D eigenvalue weighted by Crippen LogP contribution is 2.45. The Bertz CT molecular complexity index is 2770. The van der Waals surface area contributed by atoms with Gasteiger partial charge < -0.3 is 90.1 Å². The zero-order chi connectivity index (χ0) is 65.1. The number of esters is 1. The summed E-state index contributed by atoms with van der Waals surface area (Å²) in [6.07, 6.45) is 1.99. The maximum absolute atomic E-state index is 14.7. The molecule has 7 rings (SSSR count). The van der Waals surface area contributed by atoms with Crippen molar-refractivity contribution < 1.29 is 94.2 Å². The lowest BCUT2D eigenvalue weighted by Crippen LogP contribution is -2.64. The minimum absolute atomic E-state index is 0.0492. The topological polar surface area (TPSA) is 338 Å². The minimum atomic E-state index is -2.39. The van der Waals surface area contributed by atoms with E-state index in [2.05, 4.69) is 5.32 Å². The van der Waals surface area contributed by atoms with Crippen molar-refractivity contribution in [1.82, 2.24) is 15.1 Å². The summed E-state index contributed by atoms with van der Waals surface area (Å²) < 4.78 is 30.4. The Labute approximate surface area is 527 Å². The highest BCUT2D eigenvalue weighted by molar-refractivity contribution is 5.81. The number of rotatable bonds is 8. The Hall–Kier alpha value is -5.77. The number of nitrogens with one attached hydrogen (secondary N) is 1. The van der Waals surface area contributed by atoms with Crippen molar-refractivity contribution >= 4 is 18.0 Å². The van der Waals surface area contributed by atoms with Crippen LogP contribution in [0.3, 0.4) is 0 Å². The summed E-state index contributed by atoms with van der Waals surface area (Å²) in [5, 5.41) is 126. The third-order valence-corrected chi connectivity index (χ3v) is 17.7. The normalized spacial score (nSPS) is 37.8. The molecule has 2 amide bonds. The smallest absolute Gasteiger partial charge is 0.407 e. The Balaban J connectivity index is 1.13. The SMILES string of the molecule is C[C@@H]1[C@H](O)[C@@H](C)/C=C/C=C/C=C/C=C/C=C/C=C/C=C/[C@H](O[C@@H]2O[C@H](C)[C@@H](O)[C@H](NC(=O)OCC3c4ccccc4-c4ccccc43)[C@@H]2O)C[C@@H]2O[C@](O)(C[C@@H](O)[C@H](O)CC[C@@H](O)C[C@@H](O)C[C@@H](O)CC(=O)O[C@H]1C)C[C@H](O)[C@H]2C(=O)N1CCN(CCO)CC1. The average molecular weight is 1260 g/mol. The Morgan fingerprint density at radius 1 is 0.644 bits per heavy atom. The predicted octanol–water partition coefficient (Wildman–Crippen LogP) is 3.34. The first-order chi connectivity index (χ1) is 43.1. The maximum atomic E-state index is 14.7. The van der Waals surface area contributed by atoms with Crippen LogP contribution in [-0.2, 0) is 33.3 Å². The van der Waals surface area contributed by atoms with Crippen LogP contribution in [0.1, 0.15) is 96.1 Å². The van der Waals surface area contributed by atoms with Gasteiger partial charge in [0, 0.05) is 69.7 Å². The van der Waals surface area contributed by atoms with Crippen molar-refractivity contribution in [2.45, 2.75) is 182 Å². The van der Waals surface area contributed by atoms with Crippen LogP contribution in [0.4, 0.5) is 4.79 Å². The van der Waals surface area contributed by atoms with E-state index in [0.29, 0.717) is 19.6 Å². The number of aliphatic hydroxyl groups is 11. The van der Waals surface area contributed by atoms with Gasteiger partial charge in [0.2, 0.25) is 5.91 Å². The van der Waals surface area contributed by atoms with Crippen LogP contribution >= 0.6 is 0 Å². The standard InChI is InChI=1S/C68H95N3O19/c1-42-21-15-13-11-9-7-5-6-8-10-12-14-16-22-49(89-66-64(82)61(63(81)45(4)88-66)69-67(84)86-41-54-52-25-19-17-23-50(52)51-24-18-20-26-53(51)54)38-58-60(65(83)71-31-29-70(30-32-71)33-34-72)57(78)40-68(85,90-58)39-56(77)55(76)28-27-46(73)35-47(74)36-48(75)37-59(79)87-44(3)43(2)62(42)80/h5-26,42-49,54-58,60-64,66,72-78,80-82,85H,27-41H2,1-4H3,(H,69,84)/b6-5+,9-7+,10-8+,13-11+,14-12+,21-15+,22-16+/t42-,43-,44-,45+,46+,47+,48+,49-,55+,56+,57-,58-,60+,61-,62+,63+,64-,66-,68+/m0/s1. The van der Waals surface area contributed by atoms with Gasteiger partial charge in [-0.2, -0.15) is 0 Å². The lowest BCUT2D eigenvalue weighted by atomic mass is 9.81. The van der Waals surface area contributed by atoms with Crippen molar-refractivity contribution in [3.8, 4) is 11.1 Å². The van der Waals surface area contributed by atoms with E-state index in [0.717, 1.165) is 22.3 Å². The first-order valence-electron chi connectivity index (χ1n) is 31.5. The highest BCUT2D eigenvalue weighted by atomic mass is 16.7. The van der Waals surface area contributed by atoms with Crippen molar-refractivity contribution in [3.63, 3.8) is 0 Å². The quantitative estimate of drug-likeness (QED) is 0.169. The van der Waals surface area contributed by atoms with E-state index in [4.69, 9.17) is 23.7 Å². The zero-order valence-corrected chi connectivity index (χ0v) is 51.9. The number of hydrogen-bond donors (Lipinski definition) is 12. The second kappa shape index (κ2) is 34.8. The van der Waals surface area contributed by atoms with E-state index in [1.807, 2.05) is 90.7 Å². The van der Waals surface area contributed by atoms with Crippen molar-refractivity contribution in [1.29, 1.82) is 0 Å². The molecule has 0 aromatic heterocycles. The average Bonchev–Trinajstić information content (AvgIpc) is 1.40. The summed E-state index contributed by atoms with van der Waals surface area (Å²) in [7, 11) is 0. The number of ether oxygens (including phenoxy) is 5. The maximum Gasteiger partial charge on any atom is 0.407 e. The number of β-amino-alcohol motifs (C(OH)–C–C–N with tert-alkyl or cyclic N) is 1. The van der Waals surface area contributed by atoms with E-state index in [-0.39, 0.29) is 70.2 Å². The molecular formula is C68H95N3O19. The van der Waals surface area contributed by atoms with Gasteiger partial charge in [-0.3, -0.25) is 14.5 Å². The van der Waals surface area contributed by atoms with Gasteiger partial charge in [0.1, 0.15) is 24.9 Å². The fourth-order valence-corrected chi connectivity index (χ4v) is 12.4. The molecule has 2 aromatic carbocycles. The highest BCUT2D eigenvalue weighted by Gasteiger charge is 2.52. The number of fused-ring (bicyclic) bond motifs is 5. The van der Waals surface area contributed by atoms with Gasteiger partial charge >= 0.3 is 12.1 Å². The van der Waals surface area contributed by atoms with Crippen LogP contribution in [0.2, 0.25) is 0 Å². The first kappa shape index (κ1) is 71.7. The summed E-state index contributed by atoms with van der Waals surface area (Å²) in [6, 6.07) is 14.3. The molecule has 2 aromatic rings. The van der Waals surface area contributed by atoms with Crippen LogP contribution in [0.5, 0.6) is 0 Å². The van der Waals surface area contributed by atoms with E-state index in [9.17, 15) is 70.6 Å². The number of piperazine rings is 1. The Kier molecular flexibility index (Phi) is 27.7. The summed E-state index contributed by atoms with van der Waals surface area (Å²) in [5.74, 6) is -6.04. The third kappa shape index (κ3) is 20.4. The molecule has 1 aliphatic carbocycles. The number of alkyl carbamates (subject to hydrolysis) is 1. The molecule has 22 nitrogen and oxygen atoms in total. The van der Waals surface area contributed by atoms with Gasteiger partial charge in [0.15, 0.2) is 12.1 Å². The molecule has 4 heterocycles. The van der Waals surface area contributed by atoms with E-state index >= 15 is 0 Å². The van der Waals surface area contributed by atoms with Gasteiger partial charge in [-0.1, -0.05) is 147 Å². The van der Waals surface area contributed by atoms with E-state index in [1.165, 1.54) is 6.92 Å². The van der Waals surface area contributed by atoms with Crippen LogP contribution < -0.4 is 5.32 Å². The summed E-state index contributed by atoms with van der Waals surface area (Å²) in [5.41, 5.74) is 4.02. The van der Waals surface area contributed by atoms with Gasteiger partial charge in [-0.25, -0.2) is 4.79 Å². The second-order valence-corrected chi connectivity index (χ2v) is 24.5. The molecule has 2 bridgehead atoms. The Morgan fingerprint density at radius 2 is 1.21 bits per heavy atom. The number of cyclic esters (lactones) is 1. The minimum Gasteiger partial charge on any atom is -0.462 e. The molecular weight excluding hydrogens is 1160 g/mol. The number of carbonyl (C=O) groups excluding carboxylic acids is 3. The molecule has 19 atom stereocenters. The summed E-state index contributed by atoms with van der Waals surface area (Å²) >= 11 is 0. The molecule has 0 unspecified atom stereocenters. The number of carbonyl (C=O) groups is 3. The van der Waals surface area contributed by atoms with Gasteiger partial charge in [-0.05, 0) is 61.8 Å². The van der Waals surface area contributed by atoms with Gasteiger partial charge in [0.25, 0.3) is 0 Å². The third-order valence-electron chi connectivity index (χ3n) is 17.7. The summed E-state index contributed by atoms with van der Waals surface area (Å²) in [6.45, 7) is 8.35. The van der Waals surface area contributed by atoms with Crippen molar-refractivity contribution in [2.24, 2.45) is 17.8 Å². The fourth-order valence-electron chi connectivity index (χ4n) is 12.4. The molecule has 90 heavy (non-hydrogen) atoms. The van der Waals surface area contributed by atoms with E-state index in [1.54, 1.807) is 73.4 Å². The number of benzene rings is 2. The van der Waals surface area contributed by atoms with Gasteiger partial charge in [-0.15, -0.1) is 0 Å².